The zero-order chi connectivity index (χ0) is 14.8. The highest BCUT2D eigenvalue weighted by Crippen LogP contribution is 2.46. The molecular formula is C16H23F2NO. The number of hydrogen-bond donors (Lipinski definition) is 1. The summed E-state index contributed by atoms with van der Waals surface area (Å²) in [5.41, 5.74) is 0.0289. The van der Waals surface area contributed by atoms with E-state index in [1.165, 1.54) is 25.7 Å². The molecule has 1 N–H and O–H groups in total. The molecule has 1 saturated carbocycles. The van der Waals surface area contributed by atoms with Crippen LogP contribution in [0.5, 0.6) is 5.75 Å². The first-order chi connectivity index (χ1) is 9.51. The van der Waals surface area contributed by atoms with E-state index in [1.807, 2.05) is 0 Å². The van der Waals surface area contributed by atoms with Crippen molar-refractivity contribution in [1.29, 1.82) is 0 Å². The Balaban J connectivity index is 2.41. The minimum Gasteiger partial charge on any atom is -0.497 e. The molecule has 1 aliphatic rings. The molecule has 0 spiro atoms. The Hall–Kier alpha value is -1.16. The molecule has 1 atom stereocenters. The monoisotopic (exact) mass is 283 g/mol. The van der Waals surface area contributed by atoms with Crippen molar-refractivity contribution < 1.29 is 13.5 Å². The van der Waals surface area contributed by atoms with Crippen LogP contribution in [0.15, 0.2) is 12.1 Å². The van der Waals surface area contributed by atoms with Gasteiger partial charge in [0.25, 0.3) is 0 Å². The molecule has 2 nitrogen and oxygen atoms in total. The topological polar surface area (TPSA) is 21.3 Å². The maximum atomic E-state index is 14.3. The summed E-state index contributed by atoms with van der Waals surface area (Å²) in [5, 5.41) is 3.13. The molecule has 0 saturated heterocycles. The number of halogens is 2. The fourth-order valence-corrected chi connectivity index (χ4v) is 3.44. The van der Waals surface area contributed by atoms with Crippen LogP contribution in [-0.4, -0.2) is 14.2 Å². The predicted molar refractivity (Wildman–Crippen MR) is 75.9 cm³/mol. The van der Waals surface area contributed by atoms with Crippen LogP contribution >= 0.6 is 0 Å². The summed E-state index contributed by atoms with van der Waals surface area (Å²) < 4.78 is 33.5. The summed E-state index contributed by atoms with van der Waals surface area (Å²) >= 11 is 0. The average Bonchev–Trinajstić information content (AvgIpc) is 2.43. The molecule has 0 aromatic heterocycles. The van der Waals surface area contributed by atoms with E-state index in [2.05, 4.69) is 12.2 Å². The van der Waals surface area contributed by atoms with Gasteiger partial charge in [-0.2, -0.15) is 0 Å². The predicted octanol–water partition coefficient (Wildman–Crippen LogP) is 4.20. The molecule has 1 unspecified atom stereocenters. The SMILES string of the molecule is CNC(c1c(F)cc(OC)cc1F)C1(C)CCCCC1. The van der Waals surface area contributed by atoms with Gasteiger partial charge in [-0.25, -0.2) is 8.78 Å². The van der Waals surface area contributed by atoms with Crippen LogP contribution in [0.25, 0.3) is 0 Å². The van der Waals surface area contributed by atoms with Gasteiger partial charge in [0, 0.05) is 23.7 Å². The van der Waals surface area contributed by atoms with Gasteiger partial charge in [-0.3, -0.25) is 0 Å². The molecule has 0 aliphatic heterocycles. The second-order valence-corrected chi connectivity index (χ2v) is 5.94. The maximum Gasteiger partial charge on any atom is 0.134 e. The fraction of sp³-hybridized carbons (Fsp3) is 0.625. The summed E-state index contributed by atoms with van der Waals surface area (Å²) in [6.45, 7) is 2.12. The molecule has 2 rings (SSSR count). The molecule has 1 aliphatic carbocycles. The van der Waals surface area contributed by atoms with Gasteiger partial charge in [-0.1, -0.05) is 26.2 Å². The van der Waals surface area contributed by atoms with Crippen molar-refractivity contribution in [2.24, 2.45) is 5.41 Å². The van der Waals surface area contributed by atoms with Crippen LogP contribution in [-0.2, 0) is 0 Å². The van der Waals surface area contributed by atoms with E-state index in [9.17, 15) is 8.78 Å². The molecule has 0 bridgehead atoms. The lowest BCUT2D eigenvalue weighted by atomic mass is 9.68. The molecule has 0 radical (unpaired) electrons. The summed E-state index contributed by atoms with van der Waals surface area (Å²) in [5.74, 6) is -0.853. The van der Waals surface area contributed by atoms with Gasteiger partial charge in [0.05, 0.1) is 7.11 Å². The van der Waals surface area contributed by atoms with Gasteiger partial charge >= 0.3 is 0 Å². The second kappa shape index (κ2) is 6.08. The summed E-state index contributed by atoms with van der Waals surface area (Å²) in [4.78, 5) is 0. The summed E-state index contributed by atoms with van der Waals surface area (Å²) in [7, 11) is 3.18. The van der Waals surface area contributed by atoms with Gasteiger partial charge in [-0.05, 0) is 25.3 Å². The lowest BCUT2D eigenvalue weighted by Gasteiger charge is -2.41. The van der Waals surface area contributed by atoms with Gasteiger partial charge in [-0.15, -0.1) is 0 Å². The first-order valence-electron chi connectivity index (χ1n) is 7.22. The van der Waals surface area contributed by atoms with Crippen molar-refractivity contribution in [2.45, 2.75) is 45.1 Å². The molecule has 4 heteroatoms. The van der Waals surface area contributed by atoms with Crippen molar-refractivity contribution in [3.8, 4) is 5.75 Å². The van der Waals surface area contributed by atoms with E-state index >= 15 is 0 Å². The number of methoxy groups -OCH3 is 1. The largest absolute Gasteiger partial charge is 0.497 e. The van der Waals surface area contributed by atoms with Crippen LogP contribution in [0.4, 0.5) is 8.78 Å². The number of ether oxygens (including phenoxy) is 1. The fourth-order valence-electron chi connectivity index (χ4n) is 3.44. The van der Waals surface area contributed by atoms with E-state index in [0.717, 1.165) is 25.7 Å². The molecular weight excluding hydrogens is 260 g/mol. The highest BCUT2D eigenvalue weighted by molar-refractivity contribution is 5.33. The second-order valence-electron chi connectivity index (χ2n) is 5.94. The third-order valence-corrected chi connectivity index (χ3v) is 4.56. The highest BCUT2D eigenvalue weighted by Gasteiger charge is 2.38. The van der Waals surface area contributed by atoms with Gasteiger partial charge in [0.15, 0.2) is 0 Å². The highest BCUT2D eigenvalue weighted by atomic mass is 19.1. The van der Waals surface area contributed by atoms with Crippen molar-refractivity contribution in [1.82, 2.24) is 5.32 Å². The van der Waals surface area contributed by atoms with Gasteiger partial charge in [0.2, 0.25) is 0 Å². The molecule has 20 heavy (non-hydrogen) atoms. The Morgan fingerprint density at radius 2 is 1.70 bits per heavy atom. The molecule has 1 aromatic carbocycles. The first kappa shape index (κ1) is 15.2. The number of nitrogens with one attached hydrogen (secondary N) is 1. The first-order valence-corrected chi connectivity index (χ1v) is 7.22. The third kappa shape index (κ3) is 2.80. The minimum absolute atomic E-state index is 0.108. The zero-order valence-electron chi connectivity index (χ0n) is 12.4. The van der Waals surface area contributed by atoms with Crippen molar-refractivity contribution >= 4 is 0 Å². The summed E-state index contributed by atoms with van der Waals surface area (Å²) in [6, 6.07) is 2.21. The maximum absolute atomic E-state index is 14.3. The molecule has 0 heterocycles. The van der Waals surface area contributed by atoms with E-state index in [-0.39, 0.29) is 22.8 Å². The van der Waals surface area contributed by atoms with Crippen molar-refractivity contribution in [2.75, 3.05) is 14.2 Å². The lowest BCUT2D eigenvalue weighted by molar-refractivity contribution is 0.144. The van der Waals surface area contributed by atoms with Crippen molar-refractivity contribution in [3.05, 3.63) is 29.3 Å². The van der Waals surface area contributed by atoms with Crippen LogP contribution in [0.1, 0.15) is 50.6 Å². The normalized spacial score (nSPS) is 19.6. The van der Waals surface area contributed by atoms with Crippen LogP contribution in [0.2, 0.25) is 0 Å². The third-order valence-electron chi connectivity index (χ3n) is 4.56. The molecule has 112 valence electrons. The lowest BCUT2D eigenvalue weighted by Crippen LogP contribution is -2.37. The Morgan fingerprint density at radius 1 is 1.15 bits per heavy atom. The Kier molecular flexibility index (Phi) is 4.63. The van der Waals surface area contributed by atoms with Gasteiger partial charge < -0.3 is 10.1 Å². The number of hydrogen-bond acceptors (Lipinski definition) is 2. The Labute approximate surface area is 119 Å². The van der Waals surface area contributed by atoms with E-state index in [0.29, 0.717) is 0 Å². The molecule has 1 aromatic rings. The number of rotatable bonds is 4. The standard InChI is InChI=1S/C16H23F2NO/c1-16(7-5-4-6-8-16)15(19-2)14-12(17)9-11(20-3)10-13(14)18/h9-10,15,19H,4-8H2,1-3H3. The van der Waals surface area contributed by atoms with E-state index in [1.54, 1.807) is 7.05 Å². The number of benzene rings is 1. The molecule has 1 fully saturated rings. The average molecular weight is 283 g/mol. The van der Waals surface area contributed by atoms with E-state index < -0.39 is 11.6 Å². The van der Waals surface area contributed by atoms with Gasteiger partial charge in [0.1, 0.15) is 17.4 Å². The van der Waals surface area contributed by atoms with Crippen LogP contribution in [0.3, 0.4) is 0 Å². The summed E-state index contributed by atoms with van der Waals surface area (Å²) in [6.07, 6.45) is 5.43. The van der Waals surface area contributed by atoms with Crippen LogP contribution < -0.4 is 10.1 Å². The smallest absolute Gasteiger partial charge is 0.134 e. The minimum atomic E-state index is -0.534. The van der Waals surface area contributed by atoms with E-state index in [4.69, 9.17) is 4.74 Å². The Bertz CT molecular complexity index is 447. The Morgan fingerprint density at radius 3 is 2.15 bits per heavy atom. The van der Waals surface area contributed by atoms with Crippen molar-refractivity contribution in [3.63, 3.8) is 0 Å². The zero-order valence-corrected chi connectivity index (χ0v) is 12.4. The van der Waals surface area contributed by atoms with Crippen LogP contribution in [0, 0.1) is 17.0 Å². The quantitative estimate of drug-likeness (QED) is 0.894. The molecule has 0 amide bonds.